The lowest BCUT2D eigenvalue weighted by Gasteiger charge is -2.19. The van der Waals surface area contributed by atoms with E-state index < -0.39 is 0 Å². The van der Waals surface area contributed by atoms with E-state index in [1.54, 1.807) is 11.1 Å². The van der Waals surface area contributed by atoms with Crippen LogP contribution < -0.4 is 11.6 Å². The Labute approximate surface area is 225 Å². The summed E-state index contributed by atoms with van der Waals surface area (Å²) in [6.45, 7) is 6.21. The van der Waals surface area contributed by atoms with E-state index in [0.717, 1.165) is 31.4 Å². The minimum Gasteiger partial charge on any atom is -0.398 e. The molecule has 37 heavy (non-hydrogen) atoms. The molecule has 0 spiro atoms. The molecule has 1 saturated carbocycles. The molecule has 0 unspecified atom stereocenters. The average Bonchev–Trinajstić information content (AvgIpc) is 2.98. The third kappa shape index (κ3) is 9.50. The molecule has 0 radical (unpaired) electrons. The third-order valence-electron chi connectivity index (χ3n) is 7.10. The van der Waals surface area contributed by atoms with Gasteiger partial charge in [-0.05, 0) is 98.1 Å². The maximum atomic E-state index is 6.60. The largest absolute Gasteiger partial charge is 0.398 e. The van der Waals surface area contributed by atoms with Gasteiger partial charge in [0.2, 0.25) is 0 Å². The van der Waals surface area contributed by atoms with Crippen molar-refractivity contribution in [2.24, 2.45) is 5.90 Å². The molecule has 2 aliphatic carbocycles. The van der Waals surface area contributed by atoms with Crippen LogP contribution in [-0.2, 0) is 6.42 Å². The average molecular weight is 501 g/mol. The van der Waals surface area contributed by atoms with Crippen LogP contribution in [0, 0.1) is 0 Å². The van der Waals surface area contributed by atoms with Gasteiger partial charge in [0.1, 0.15) is 0 Å². The molecule has 4 rings (SSSR count). The number of allylic oxidation sites excluding steroid dienone is 8. The highest BCUT2D eigenvalue weighted by molar-refractivity contribution is 5.82. The molecule has 2 aliphatic rings. The Morgan fingerprint density at radius 1 is 0.919 bits per heavy atom. The van der Waals surface area contributed by atoms with Crippen LogP contribution in [0.1, 0.15) is 102 Å². The van der Waals surface area contributed by atoms with Crippen LogP contribution >= 0.6 is 0 Å². The van der Waals surface area contributed by atoms with Crippen molar-refractivity contribution >= 4 is 16.8 Å². The summed E-state index contributed by atoms with van der Waals surface area (Å²) in [5.41, 5.74) is 17.3. The highest BCUT2D eigenvalue weighted by atomic mass is 16.4. The normalized spacial score (nSPS) is 15.3. The van der Waals surface area contributed by atoms with Gasteiger partial charge in [-0.1, -0.05) is 99.5 Å². The monoisotopic (exact) mass is 500 g/mol. The van der Waals surface area contributed by atoms with Gasteiger partial charge in [-0.2, -0.15) is 0 Å². The van der Waals surface area contributed by atoms with Crippen molar-refractivity contribution in [1.29, 1.82) is 0 Å². The fourth-order valence-corrected chi connectivity index (χ4v) is 5.24. The number of nitrogens with two attached hydrogens (primary N) is 2. The first-order chi connectivity index (χ1) is 18.2. The van der Waals surface area contributed by atoms with Gasteiger partial charge in [0, 0.05) is 11.3 Å². The predicted octanol–water partition coefficient (Wildman–Crippen LogP) is 9.44. The molecule has 0 bridgehead atoms. The number of anilines is 1. The second-order valence-corrected chi connectivity index (χ2v) is 9.52. The number of unbranched alkanes of at least 4 members (excludes halogenated alkanes) is 1. The van der Waals surface area contributed by atoms with Crippen molar-refractivity contribution in [2.45, 2.75) is 91.4 Å². The molecule has 2 aromatic rings. The first-order valence-electron chi connectivity index (χ1n) is 14.2. The zero-order valence-electron chi connectivity index (χ0n) is 23.3. The van der Waals surface area contributed by atoms with Crippen LogP contribution in [0.15, 0.2) is 84.0 Å². The summed E-state index contributed by atoms with van der Waals surface area (Å²) in [7, 11) is 0. The van der Waals surface area contributed by atoms with Crippen LogP contribution in [0.25, 0.3) is 11.1 Å². The fourth-order valence-electron chi connectivity index (χ4n) is 5.24. The van der Waals surface area contributed by atoms with Crippen molar-refractivity contribution in [3.8, 4) is 0 Å². The van der Waals surface area contributed by atoms with Gasteiger partial charge in [0.05, 0.1) is 0 Å². The van der Waals surface area contributed by atoms with E-state index in [0.29, 0.717) is 0 Å². The number of hydrogen-bond acceptors (Lipinski definition) is 3. The number of rotatable bonds is 8. The van der Waals surface area contributed by atoms with Crippen LogP contribution in [0.4, 0.5) is 5.69 Å². The standard InChI is InChI=1S/C32H39N.C2H6.H3NO/c1-2-11-29(17-10-9-14-25-12-5-3-6-13-25)31-23-22-30(24-32(31)33)28-20-18-27(19-21-28)26-15-7-4-8-16-26;2*1-2/h3,5-6,11-13,18,20-24H,2,4,7-10,14-17,19,33H2,1H3;1-2H3;2H,1H2/b29-11-;;. The maximum absolute atomic E-state index is 6.60. The Morgan fingerprint density at radius 3 is 2.27 bits per heavy atom. The van der Waals surface area contributed by atoms with Gasteiger partial charge in [-0.3, -0.25) is 0 Å². The Morgan fingerprint density at radius 2 is 1.65 bits per heavy atom. The Balaban J connectivity index is 0.00000115. The molecule has 0 aliphatic heterocycles. The van der Waals surface area contributed by atoms with Crippen LogP contribution in [0.2, 0.25) is 0 Å². The molecule has 5 N–H and O–H groups in total. The quantitative estimate of drug-likeness (QED) is 0.192. The SMILES string of the molecule is CC.CC/C=C(/CCCCc1ccccc1)c1ccc(C2=CCC(=C3CCCCC3)C=C2)cc1N.NO. The highest BCUT2D eigenvalue weighted by Gasteiger charge is 2.13. The van der Waals surface area contributed by atoms with E-state index in [9.17, 15) is 0 Å². The van der Waals surface area contributed by atoms with Gasteiger partial charge >= 0.3 is 0 Å². The summed E-state index contributed by atoms with van der Waals surface area (Å²) in [5.74, 6) is 3.50. The second kappa shape index (κ2) is 17.6. The minimum atomic E-state index is 0.904. The van der Waals surface area contributed by atoms with Crippen molar-refractivity contribution in [2.75, 3.05) is 5.73 Å². The lowest BCUT2D eigenvalue weighted by molar-refractivity contribution is 0.311. The number of aryl methyl sites for hydroxylation is 1. The van der Waals surface area contributed by atoms with Gasteiger partial charge in [-0.15, -0.1) is 0 Å². The van der Waals surface area contributed by atoms with Crippen molar-refractivity contribution < 1.29 is 5.21 Å². The lowest BCUT2D eigenvalue weighted by Crippen LogP contribution is -2.00. The molecular weight excluding hydrogens is 452 g/mol. The third-order valence-corrected chi connectivity index (χ3v) is 7.10. The predicted molar refractivity (Wildman–Crippen MR) is 162 cm³/mol. The first-order valence-corrected chi connectivity index (χ1v) is 14.2. The Kier molecular flexibility index (Phi) is 14.4. The maximum Gasteiger partial charge on any atom is 0.0396 e. The molecule has 3 nitrogen and oxygen atoms in total. The Bertz CT molecular complexity index is 1050. The second-order valence-electron chi connectivity index (χ2n) is 9.52. The molecular formula is C34H48N2O. The number of hydrogen-bond donors (Lipinski definition) is 3. The molecule has 0 atom stereocenters. The molecule has 3 heteroatoms. The van der Waals surface area contributed by atoms with Crippen molar-refractivity contribution in [3.63, 3.8) is 0 Å². The van der Waals surface area contributed by atoms with E-state index >= 15 is 0 Å². The Hall–Kier alpha value is -2.88. The zero-order valence-corrected chi connectivity index (χ0v) is 23.3. The van der Waals surface area contributed by atoms with Crippen molar-refractivity contribution in [3.05, 3.63) is 101 Å². The van der Waals surface area contributed by atoms with E-state index in [4.69, 9.17) is 10.9 Å². The van der Waals surface area contributed by atoms with E-state index in [2.05, 4.69) is 85.7 Å². The topological polar surface area (TPSA) is 72.3 Å². The number of benzene rings is 2. The van der Waals surface area contributed by atoms with Gasteiger partial charge in [0.15, 0.2) is 0 Å². The number of nitrogen functional groups attached to an aromatic ring is 1. The fraction of sp³-hybridized carbons (Fsp3) is 0.412. The van der Waals surface area contributed by atoms with E-state index in [-0.39, 0.29) is 0 Å². The van der Waals surface area contributed by atoms with Gasteiger partial charge in [-0.25, -0.2) is 5.90 Å². The van der Waals surface area contributed by atoms with E-state index in [1.165, 1.54) is 72.8 Å². The molecule has 0 saturated heterocycles. The van der Waals surface area contributed by atoms with Crippen LogP contribution in [0.5, 0.6) is 0 Å². The summed E-state index contributed by atoms with van der Waals surface area (Å²) >= 11 is 0. The molecule has 0 heterocycles. The summed E-state index contributed by atoms with van der Waals surface area (Å²) < 4.78 is 0. The molecule has 0 amide bonds. The van der Waals surface area contributed by atoms with Gasteiger partial charge < -0.3 is 10.9 Å². The summed E-state index contributed by atoms with van der Waals surface area (Å²) in [4.78, 5) is 0. The van der Waals surface area contributed by atoms with E-state index in [1.807, 2.05) is 13.8 Å². The summed E-state index contributed by atoms with van der Waals surface area (Å²) in [5, 5.41) is 6.50. The molecule has 1 fully saturated rings. The minimum absolute atomic E-state index is 0.904. The van der Waals surface area contributed by atoms with Gasteiger partial charge in [0.25, 0.3) is 0 Å². The van der Waals surface area contributed by atoms with Crippen molar-refractivity contribution in [1.82, 2.24) is 0 Å². The van der Waals surface area contributed by atoms with Crippen LogP contribution in [-0.4, -0.2) is 5.21 Å². The smallest absolute Gasteiger partial charge is 0.0396 e. The van der Waals surface area contributed by atoms with Crippen LogP contribution in [0.3, 0.4) is 0 Å². The first kappa shape index (κ1) is 30.3. The molecule has 2 aromatic carbocycles. The summed E-state index contributed by atoms with van der Waals surface area (Å²) in [6.07, 6.45) is 22.8. The zero-order chi connectivity index (χ0) is 26.9. The lowest BCUT2D eigenvalue weighted by atomic mass is 9.86. The molecule has 0 aromatic heterocycles. The summed E-state index contributed by atoms with van der Waals surface area (Å²) in [6, 6.07) is 17.5. The highest BCUT2D eigenvalue weighted by Crippen LogP contribution is 2.34. The molecule has 200 valence electrons.